The van der Waals surface area contributed by atoms with Crippen LogP contribution in [0.15, 0.2) is 12.1 Å². The van der Waals surface area contributed by atoms with Crippen LogP contribution < -0.4 is 10.1 Å². The molecule has 1 aromatic carbocycles. The molecule has 4 heteroatoms. The molecule has 2 nitrogen and oxygen atoms in total. The third-order valence-electron chi connectivity index (χ3n) is 2.54. The fraction of sp³-hybridized carbons (Fsp3) is 0.538. The SMILES string of the molecule is CCNCc1cc(Cl)cc(Cl)c1OC(C)CC. The number of nitrogens with one attached hydrogen (secondary N) is 1. The Morgan fingerprint density at radius 2 is 2.00 bits per heavy atom. The van der Waals surface area contributed by atoms with Gasteiger partial charge in [0.25, 0.3) is 0 Å². The second kappa shape index (κ2) is 7.10. The molecule has 1 rings (SSSR count). The van der Waals surface area contributed by atoms with Gasteiger partial charge in [0.2, 0.25) is 0 Å². The Morgan fingerprint density at radius 1 is 1.29 bits per heavy atom. The third-order valence-corrected chi connectivity index (χ3v) is 3.04. The lowest BCUT2D eigenvalue weighted by Crippen LogP contribution is -2.16. The predicted molar refractivity (Wildman–Crippen MR) is 74.2 cm³/mol. The van der Waals surface area contributed by atoms with Crippen molar-refractivity contribution in [1.29, 1.82) is 0 Å². The van der Waals surface area contributed by atoms with E-state index in [1.807, 2.05) is 13.0 Å². The van der Waals surface area contributed by atoms with Crippen molar-refractivity contribution in [2.45, 2.75) is 39.8 Å². The van der Waals surface area contributed by atoms with Gasteiger partial charge in [-0.25, -0.2) is 0 Å². The van der Waals surface area contributed by atoms with Gasteiger partial charge in [-0.15, -0.1) is 0 Å². The summed E-state index contributed by atoms with van der Waals surface area (Å²) in [5, 5.41) is 4.47. The summed E-state index contributed by atoms with van der Waals surface area (Å²) < 4.78 is 5.85. The van der Waals surface area contributed by atoms with Crippen molar-refractivity contribution in [1.82, 2.24) is 5.32 Å². The monoisotopic (exact) mass is 275 g/mol. The smallest absolute Gasteiger partial charge is 0.142 e. The molecule has 0 aliphatic carbocycles. The molecule has 0 aromatic heterocycles. The summed E-state index contributed by atoms with van der Waals surface area (Å²) in [4.78, 5) is 0. The van der Waals surface area contributed by atoms with Gasteiger partial charge in [-0.05, 0) is 32.0 Å². The van der Waals surface area contributed by atoms with Gasteiger partial charge in [-0.2, -0.15) is 0 Å². The minimum atomic E-state index is 0.147. The molecule has 1 N–H and O–H groups in total. The van der Waals surface area contributed by atoms with Crippen molar-refractivity contribution >= 4 is 23.2 Å². The van der Waals surface area contributed by atoms with Gasteiger partial charge < -0.3 is 10.1 Å². The highest BCUT2D eigenvalue weighted by Crippen LogP contribution is 2.33. The minimum Gasteiger partial charge on any atom is -0.489 e. The molecule has 0 saturated carbocycles. The van der Waals surface area contributed by atoms with E-state index in [1.165, 1.54) is 0 Å². The predicted octanol–water partition coefficient (Wildman–Crippen LogP) is 4.28. The molecule has 0 radical (unpaired) electrons. The first-order chi connectivity index (χ1) is 8.08. The molecule has 96 valence electrons. The number of ether oxygens (including phenoxy) is 1. The molecular weight excluding hydrogens is 257 g/mol. The molecule has 0 spiro atoms. The van der Waals surface area contributed by atoms with Crippen molar-refractivity contribution in [2.24, 2.45) is 0 Å². The van der Waals surface area contributed by atoms with Gasteiger partial charge in [0, 0.05) is 17.1 Å². The Bertz CT molecular complexity index is 369. The van der Waals surface area contributed by atoms with E-state index in [1.54, 1.807) is 6.07 Å². The van der Waals surface area contributed by atoms with Crippen LogP contribution in [0.25, 0.3) is 0 Å². The van der Waals surface area contributed by atoms with Crippen LogP contribution in [0.1, 0.15) is 32.8 Å². The normalized spacial score (nSPS) is 12.5. The summed E-state index contributed by atoms with van der Waals surface area (Å²) in [6.07, 6.45) is 1.09. The first-order valence-electron chi connectivity index (χ1n) is 5.93. The zero-order chi connectivity index (χ0) is 12.8. The van der Waals surface area contributed by atoms with E-state index in [2.05, 4.69) is 19.2 Å². The number of rotatable bonds is 6. The van der Waals surface area contributed by atoms with E-state index < -0.39 is 0 Å². The maximum absolute atomic E-state index is 6.18. The fourth-order valence-electron chi connectivity index (χ4n) is 1.42. The minimum absolute atomic E-state index is 0.147. The molecule has 0 bridgehead atoms. The van der Waals surface area contributed by atoms with Crippen LogP contribution in [0.5, 0.6) is 5.75 Å². The zero-order valence-corrected chi connectivity index (χ0v) is 12.0. The molecule has 0 aliphatic rings. The van der Waals surface area contributed by atoms with Crippen LogP contribution in [0.2, 0.25) is 10.0 Å². The number of halogens is 2. The Hall–Kier alpha value is -0.440. The van der Waals surface area contributed by atoms with Gasteiger partial charge in [0.05, 0.1) is 11.1 Å². The molecule has 0 fully saturated rings. The van der Waals surface area contributed by atoms with E-state index >= 15 is 0 Å². The maximum Gasteiger partial charge on any atom is 0.142 e. The molecule has 1 atom stereocenters. The second-order valence-corrected chi connectivity index (χ2v) is 4.84. The van der Waals surface area contributed by atoms with Crippen LogP contribution in [-0.2, 0) is 6.54 Å². The van der Waals surface area contributed by atoms with Crippen molar-refractivity contribution < 1.29 is 4.74 Å². The summed E-state index contributed by atoms with van der Waals surface area (Å²) in [6, 6.07) is 3.62. The lowest BCUT2D eigenvalue weighted by atomic mass is 10.2. The van der Waals surface area contributed by atoms with Crippen molar-refractivity contribution in [3.63, 3.8) is 0 Å². The maximum atomic E-state index is 6.18. The average molecular weight is 276 g/mol. The van der Waals surface area contributed by atoms with Gasteiger partial charge >= 0.3 is 0 Å². The summed E-state index contributed by atoms with van der Waals surface area (Å²) >= 11 is 12.2. The molecule has 0 aliphatic heterocycles. The van der Waals surface area contributed by atoms with E-state index in [4.69, 9.17) is 27.9 Å². The van der Waals surface area contributed by atoms with Crippen LogP contribution in [0.3, 0.4) is 0 Å². The Morgan fingerprint density at radius 3 is 2.59 bits per heavy atom. The third kappa shape index (κ3) is 4.38. The van der Waals surface area contributed by atoms with Crippen molar-refractivity contribution in [2.75, 3.05) is 6.54 Å². The largest absolute Gasteiger partial charge is 0.489 e. The Labute approximate surface area is 113 Å². The fourth-order valence-corrected chi connectivity index (χ4v) is 2.00. The number of hydrogen-bond acceptors (Lipinski definition) is 2. The van der Waals surface area contributed by atoms with Crippen molar-refractivity contribution in [3.8, 4) is 5.75 Å². The summed E-state index contributed by atoms with van der Waals surface area (Å²) in [5.41, 5.74) is 1.00. The molecular formula is C13H19Cl2NO. The van der Waals surface area contributed by atoms with Gasteiger partial charge in [-0.3, -0.25) is 0 Å². The molecule has 17 heavy (non-hydrogen) atoms. The molecule has 0 heterocycles. The summed E-state index contributed by atoms with van der Waals surface area (Å²) in [6.45, 7) is 7.78. The molecule has 1 unspecified atom stereocenters. The lowest BCUT2D eigenvalue weighted by molar-refractivity contribution is 0.215. The van der Waals surface area contributed by atoms with E-state index in [0.29, 0.717) is 16.6 Å². The molecule has 0 saturated heterocycles. The van der Waals surface area contributed by atoms with Gasteiger partial charge in [-0.1, -0.05) is 37.0 Å². The van der Waals surface area contributed by atoms with E-state index in [-0.39, 0.29) is 6.10 Å². The number of hydrogen-bond donors (Lipinski definition) is 1. The highest BCUT2D eigenvalue weighted by Gasteiger charge is 2.12. The van der Waals surface area contributed by atoms with Crippen LogP contribution in [0.4, 0.5) is 0 Å². The average Bonchev–Trinajstić information content (AvgIpc) is 2.29. The zero-order valence-electron chi connectivity index (χ0n) is 10.5. The number of benzene rings is 1. The Balaban J connectivity index is 2.97. The first-order valence-corrected chi connectivity index (χ1v) is 6.69. The van der Waals surface area contributed by atoms with E-state index in [9.17, 15) is 0 Å². The second-order valence-electron chi connectivity index (χ2n) is 3.99. The van der Waals surface area contributed by atoms with Crippen LogP contribution in [-0.4, -0.2) is 12.6 Å². The van der Waals surface area contributed by atoms with E-state index in [0.717, 1.165) is 24.3 Å². The molecule has 0 amide bonds. The van der Waals surface area contributed by atoms with Crippen molar-refractivity contribution in [3.05, 3.63) is 27.7 Å². The quantitative estimate of drug-likeness (QED) is 0.837. The van der Waals surface area contributed by atoms with Crippen LogP contribution in [0, 0.1) is 0 Å². The summed E-state index contributed by atoms with van der Waals surface area (Å²) in [5.74, 6) is 0.742. The topological polar surface area (TPSA) is 21.3 Å². The molecule has 1 aromatic rings. The summed E-state index contributed by atoms with van der Waals surface area (Å²) in [7, 11) is 0. The van der Waals surface area contributed by atoms with Gasteiger partial charge in [0.1, 0.15) is 5.75 Å². The van der Waals surface area contributed by atoms with Crippen LogP contribution >= 0.6 is 23.2 Å². The Kier molecular flexibility index (Phi) is 6.10. The first kappa shape index (κ1) is 14.6. The highest BCUT2D eigenvalue weighted by molar-refractivity contribution is 6.35. The standard InChI is InChI=1S/C13H19Cl2NO/c1-4-9(3)17-13-10(8-16-5-2)6-11(14)7-12(13)15/h6-7,9,16H,4-5,8H2,1-3H3. The lowest BCUT2D eigenvalue weighted by Gasteiger charge is -2.18. The highest BCUT2D eigenvalue weighted by atomic mass is 35.5. The van der Waals surface area contributed by atoms with Gasteiger partial charge in [0.15, 0.2) is 0 Å².